The number of nitrogens with two attached hydrogens (primary N) is 1. The Morgan fingerprint density at radius 1 is 1.38 bits per heavy atom. The van der Waals surface area contributed by atoms with Crippen LogP contribution in [0.25, 0.3) is 0 Å². The molecule has 0 aliphatic carbocycles. The van der Waals surface area contributed by atoms with Gasteiger partial charge in [0.1, 0.15) is 0 Å². The maximum absolute atomic E-state index is 5.68. The van der Waals surface area contributed by atoms with E-state index in [4.69, 9.17) is 5.73 Å². The van der Waals surface area contributed by atoms with Crippen molar-refractivity contribution in [2.75, 3.05) is 17.6 Å². The summed E-state index contributed by atoms with van der Waals surface area (Å²) in [5.74, 6) is 0. The molecule has 72 valence electrons. The molecule has 2 rings (SSSR count). The summed E-state index contributed by atoms with van der Waals surface area (Å²) < 4.78 is 0. The third-order valence-corrected chi connectivity index (χ3v) is 2.49. The largest absolute Gasteiger partial charge is 0.399 e. The summed E-state index contributed by atoms with van der Waals surface area (Å²) >= 11 is 0. The molecule has 2 nitrogen and oxygen atoms in total. The molecule has 1 aliphatic rings. The molecule has 0 unspecified atom stereocenters. The smallest absolute Gasteiger partial charge is 0.0399 e. The molecule has 0 atom stereocenters. The number of anilines is 2. The number of hydrogen-bond acceptors (Lipinski definition) is 2. The molecule has 1 heterocycles. The van der Waals surface area contributed by atoms with Crippen molar-refractivity contribution in [1.29, 1.82) is 0 Å². The van der Waals surface area contributed by atoms with Crippen LogP contribution < -0.4 is 11.1 Å². The first-order valence-corrected chi connectivity index (χ1v) is 4.23. The molecule has 0 bridgehead atoms. The summed E-state index contributed by atoms with van der Waals surface area (Å²) in [6.45, 7) is 5.48. The van der Waals surface area contributed by atoms with Crippen LogP contribution in [0.3, 0.4) is 0 Å². The number of rotatable bonds is 0. The second-order valence-corrected chi connectivity index (χ2v) is 4.04. The molecule has 1 aromatic carbocycles. The Bertz CT molecular complexity index is 321. The number of fused-ring (bicyclic) bond motifs is 1. The minimum atomic E-state index is 0. The highest BCUT2D eigenvalue weighted by Gasteiger charge is 2.29. The van der Waals surface area contributed by atoms with E-state index in [1.54, 1.807) is 0 Å². The average molecular weight is 199 g/mol. The monoisotopic (exact) mass is 198 g/mol. The van der Waals surface area contributed by atoms with E-state index in [-0.39, 0.29) is 17.8 Å². The van der Waals surface area contributed by atoms with Gasteiger partial charge in [0, 0.05) is 23.3 Å². The summed E-state index contributed by atoms with van der Waals surface area (Å²) in [4.78, 5) is 0. The van der Waals surface area contributed by atoms with Crippen LogP contribution >= 0.6 is 12.4 Å². The van der Waals surface area contributed by atoms with E-state index >= 15 is 0 Å². The lowest BCUT2D eigenvalue weighted by atomic mass is 9.87. The van der Waals surface area contributed by atoms with Crippen molar-refractivity contribution in [3.8, 4) is 0 Å². The normalized spacial score (nSPS) is 17.1. The van der Waals surface area contributed by atoms with E-state index in [0.717, 1.165) is 12.2 Å². The van der Waals surface area contributed by atoms with Crippen molar-refractivity contribution in [2.24, 2.45) is 0 Å². The second kappa shape index (κ2) is 3.11. The summed E-state index contributed by atoms with van der Waals surface area (Å²) in [6.07, 6.45) is 0. The fourth-order valence-corrected chi connectivity index (χ4v) is 1.71. The molecule has 0 fully saturated rings. The van der Waals surface area contributed by atoms with Gasteiger partial charge in [-0.2, -0.15) is 0 Å². The number of hydrogen-bond donors (Lipinski definition) is 2. The summed E-state index contributed by atoms with van der Waals surface area (Å²) in [5, 5.41) is 3.35. The van der Waals surface area contributed by atoms with Gasteiger partial charge in [-0.05, 0) is 17.7 Å². The van der Waals surface area contributed by atoms with Crippen molar-refractivity contribution in [1.82, 2.24) is 0 Å². The van der Waals surface area contributed by atoms with Gasteiger partial charge in [-0.15, -0.1) is 12.4 Å². The van der Waals surface area contributed by atoms with Gasteiger partial charge in [-0.25, -0.2) is 0 Å². The van der Waals surface area contributed by atoms with Crippen LogP contribution in [0.4, 0.5) is 11.4 Å². The Labute approximate surface area is 84.9 Å². The van der Waals surface area contributed by atoms with Crippen molar-refractivity contribution >= 4 is 23.8 Å². The van der Waals surface area contributed by atoms with Gasteiger partial charge in [0.15, 0.2) is 0 Å². The molecule has 0 amide bonds. The number of nitrogens with one attached hydrogen (secondary N) is 1. The Hall–Kier alpha value is -0.890. The predicted octanol–water partition coefficient (Wildman–Crippen LogP) is 2.39. The van der Waals surface area contributed by atoms with Gasteiger partial charge in [0.2, 0.25) is 0 Å². The topological polar surface area (TPSA) is 38.0 Å². The van der Waals surface area contributed by atoms with Crippen LogP contribution in [0, 0.1) is 0 Å². The Kier molecular flexibility index (Phi) is 2.44. The number of nitrogen functional groups attached to an aromatic ring is 1. The molecule has 0 aromatic heterocycles. The fourth-order valence-electron chi connectivity index (χ4n) is 1.71. The fraction of sp³-hybridized carbons (Fsp3) is 0.400. The molecule has 3 N–H and O–H groups in total. The van der Waals surface area contributed by atoms with Crippen molar-refractivity contribution in [3.63, 3.8) is 0 Å². The zero-order valence-electron chi connectivity index (χ0n) is 7.92. The van der Waals surface area contributed by atoms with Crippen LogP contribution in [0.15, 0.2) is 18.2 Å². The van der Waals surface area contributed by atoms with Gasteiger partial charge in [0.25, 0.3) is 0 Å². The SMILES string of the molecule is CC1(C)CNc2cc(N)ccc21.Cl. The average Bonchev–Trinajstić information content (AvgIpc) is 2.27. The number of benzene rings is 1. The van der Waals surface area contributed by atoms with E-state index in [1.165, 1.54) is 11.3 Å². The highest BCUT2D eigenvalue weighted by atomic mass is 35.5. The van der Waals surface area contributed by atoms with Crippen LogP contribution in [-0.2, 0) is 5.41 Å². The van der Waals surface area contributed by atoms with Crippen LogP contribution in [0.5, 0.6) is 0 Å². The predicted molar refractivity (Wildman–Crippen MR) is 59.6 cm³/mol. The van der Waals surface area contributed by atoms with Gasteiger partial charge >= 0.3 is 0 Å². The molecule has 1 aliphatic heterocycles. The first-order chi connectivity index (χ1) is 5.59. The molecule has 1 aromatic rings. The summed E-state index contributed by atoms with van der Waals surface area (Å²) in [7, 11) is 0. The minimum absolute atomic E-state index is 0. The van der Waals surface area contributed by atoms with Crippen molar-refractivity contribution < 1.29 is 0 Å². The van der Waals surface area contributed by atoms with Crippen LogP contribution in [0.2, 0.25) is 0 Å². The Morgan fingerprint density at radius 3 is 2.77 bits per heavy atom. The quantitative estimate of drug-likeness (QED) is 0.629. The van der Waals surface area contributed by atoms with Crippen LogP contribution in [0.1, 0.15) is 19.4 Å². The minimum Gasteiger partial charge on any atom is -0.399 e. The molecule has 13 heavy (non-hydrogen) atoms. The third kappa shape index (κ3) is 1.59. The molecule has 0 saturated carbocycles. The van der Waals surface area contributed by atoms with Crippen LogP contribution in [-0.4, -0.2) is 6.54 Å². The lowest BCUT2D eigenvalue weighted by Crippen LogP contribution is -2.18. The first kappa shape index (κ1) is 10.2. The van der Waals surface area contributed by atoms with Gasteiger partial charge in [-0.1, -0.05) is 19.9 Å². The van der Waals surface area contributed by atoms with Crippen molar-refractivity contribution in [3.05, 3.63) is 23.8 Å². The van der Waals surface area contributed by atoms with E-state index in [9.17, 15) is 0 Å². The van der Waals surface area contributed by atoms with E-state index in [1.807, 2.05) is 12.1 Å². The Balaban J connectivity index is 0.000000845. The molecular weight excluding hydrogens is 184 g/mol. The third-order valence-electron chi connectivity index (χ3n) is 2.49. The zero-order chi connectivity index (χ0) is 8.77. The van der Waals surface area contributed by atoms with Gasteiger partial charge in [0.05, 0.1) is 0 Å². The van der Waals surface area contributed by atoms with Gasteiger partial charge in [-0.3, -0.25) is 0 Å². The molecule has 0 saturated heterocycles. The van der Waals surface area contributed by atoms with Crippen molar-refractivity contribution in [2.45, 2.75) is 19.3 Å². The first-order valence-electron chi connectivity index (χ1n) is 4.23. The maximum Gasteiger partial charge on any atom is 0.0399 e. The highest BCUT2D eigenvalue weighted by molar-refractivity contribution is 5.85. The molecule has 0 spiro atoms. The standard InChI is InChI=1S/C10H14N2.ClH/c1-10(2)6-12-9-5-7(11)3-4-8(9)10;/h3-5,12H,6,11H2,1-2H3;1H. The van der Waals surface area contributed by atoms with Gasteiger partial charge < -0.3 is 11.1 Å². The van der Waals surface area contributed by atoms with E-state index in [0.29, 0.717) is 0 Å². The second-order valence-electron chi connectivity index (χ2n) is 4.04. The van der Waals surface area contributed by atoms with E-state index in [2.05, 4.69) is 25.2 Å². The molecule has 3 heteroatoms. The zero-order valence-corrected chi connectivity index (χ0v) is 8.74. The number of halogens is 1. The molecular formula is C10H15ClN2. The maximum atomic E-state index is 5.68. The lowest BCUT2D eigenvalue weighted by Gasteiger charge is -2.16. The molecule has 0 radical (unpaired) electrons. The Morgan fingerprint density at radius 2 is 2.08 bits per heavy atom. The van der Waals surface area contributed by atoms with E-state index < -0.39 is 0 Å². The highest BCUT2D eigenvalue weighted by Crippen LogP contribution is 2.36. The lowest BCUT2D eigenvalue weighted by molar-refractivity contribution is 0.586. The summed E-state index contributed by atoms with van der Waals surface area (Å²) in [5.41, 5.74) is 9.33. The summed E-state index contributed by atoms with van der Waals surface area (Å²) in [6, 6.07) is 6.09.